The first-order valence-corrected chi connectivity index (χ1v) is 9.64. The summed E-state index contributed by atoms with van der Waals surface area (Å²) in [6.07, 6.45) is 5.39. The molecule has 1 N–H and O–H groups in total. The number of hydrogen-bond acceptors (Lipinski definition) is 4. The monoisotopic (exact) mass is 368 g/mol. The van der Waals surface area contributed by atoms with E-state index in [1.165, 1.54) is 4.90 Å². The molecular formula is C21H24N2O4. The Morgan fingerprint density at radius 2 is 1.70 bits per heavy atom. The molecule has 3 aliphatic rings. The lowest BCUT2D eigenvalue weighted by Crippen LogP contribution is -2.48. The van der Waals surface area contributed by atoms with Crippen molar-refractivity contribution in [2.45, 2.75) is 32.7 Å². The highest BCUT2D eigenvalue weighted by atomic mass is 16.5. The molecule has 1 saturated heterocycles. The van der Waals surface area contributed by atoms with Crippen LogP contribution in [0.1, 0.15) is 26.7 Å². The molecule has 1 saturated carbocycles. The fourth-order valence-electron chi connectivity index (χ4n) is 4.74. The zero-order valence-electron chi connectivity index (χ0n) is 15.6. The normalized spacial score (nSPS) is 29.2. The minimum atomic E-state index is -0.776. The van der Waals surface area contributed by atoms with Gasteiger partial charge < -0.3 is 10.1 Å². The first kappa shape index (κ1) is 17.8. The minimum Gasteiger partial charge on any atom is -0.494 e. The van der Waals surface area contributed by atoms with E-state index in [1.807, 2.05) is 13.8 Å². The van der Waals surface area contributed by atoms with Crippen molar-refractivity contribution in [3.8, 4) is 5.75 Å². The number of fused-ring (bicyclic) bond motifs is 5. The Morgan fingerprint density at radius 3 is 2.22 bits per heavy atom. The Hall–Kier alpha value is -2.63. The van der Waals surface area contributed by atoms with Crippen LogP contribution >= 0.6 is 0 Å². The summed E-state index contributed by atoms with van der Waals surface area (Å²) in [6, 6.07) is 6.28. The van der Waals surface area contributed by atoms with Gasteiger partial charge in [-0.1, -0.05) is 19.1 Å². The zero-order chi connectivity index (χ0) is 19.1. The van der Waals surface area contributed by atoms with Gasteiger partial charge in [0, 0.05) is 5.69 Å². The molecule has 5 unspecified atom stereocenters. The third-order valence-electron chi connectivity index (χ3n) is 5.94. The molecule has 2 aliphatic carbocycles. The predicted molar refractivity (Wildman–Crippen MR) is 99.9 cm³/mol. The van der Waals surface area contributed by atoms with E-state index >= 15 is 0 Å². The van der Waals surface area contributed by atoms with E-state index in [9.17, 15) is 14.4 Å². The summed E-state index contributed by atoms with van der Waals surface area (Å²) in [5.41, 5.74) is 0.614. The fourth-order valence-corrected chi connectivity index (χ4v) is 4.74. The highest BCUT2D eigenvalue weighted by Gasteiger charge is 2.60. The molecule has 0 radical (unpaired) electrons. The van der Waals surface area contributed by atoms with E-state index in [-0.39, 0.29) is 41.4 Å². The van der Waals surface area contributed by atoms with Gasteiger partial charge in [0.05, 0.1) is 18.4 Å². The molecule has 3 amide bonds. The van der Waals surface area contributed by atoms with E-state index in [0.29, 0.717) is 18.7 Å². The SMILES string of the molecule is CCOc1ccc(NC(=O)C(CC)N2C(=O)C3C4C=CC(C4)C3C2=O)cc1. The van der Waals surface area contributed by atoms with Crippen molar-refractivity contribution in [1.29, 1.82) is 0 Å². The average Bonchev–Trinajstić information content (AvgIpc) is 3.34. The molecule has 1 aliphatic heterocycles. The van der Waals surface area contributed by atoms with Crippen LogP contribution < -0.4 is 10.1 Å². The Labute approximate surface area is 158 Å². The highest BCUT2D eigenvalue weighted by molar-refractivity contribution is 6.10. The molecule has 5 atom stereocenters. The number of hydrogen-bond donors (Lipinski definition) is 1. The second kappa shape index (κ2) is 6.83. The maximum atomic E-state index is 12.9. The van der Waals surface area contributed by atoms with Crippen molar-refractivity contribution in [3.63, 3.8) is 0 Å². The second-order valence-electron chi connectivity index (χ2n) is 7.42. The van der Waals surface area contributed by atoms with Gasteiger partial charge in [-0.05, 0) is 55.9 Å². The Bertz CT molecular complexity index is 771. The molecule has 142 valence electrons. The number of rotatable bonds is 6. The van der Waals surface area contributed by atoms with Crippen LogP contribution in [0, 0.1) is 23.7 Å². The van der Waals surface area contributed by atoms with Gasteiger partial charge in [-0.3, -0.25) is 19.3 Å². The molecule has 0 aromatic heterocycles. The topological polar surface area (TPSA) is 75.7 Å². The number of carbonyl (C=O) groups excluding carboxylic acids is 3. The van der Waals surface area contributed by atoms with Gasteiger partial charge in [0.25, 0.3) is 0 Å². The number of anilines is 1. The van der Waals surface area contributed by atoms with Crippen LogP contribution in [0.2, 0.25) is 0 Å². The molecule has 1 heterocycles. The van der Waals surface area contributed by atoms with Crippen LogP contribution in [0.25, 0.3) is 0 Å². The first-order chi connectivity index (χ1) is 13.0. The van der Waals surface area contributed by atoms with Crippen molar-refractivity contribution in [2.75, 3.05) is 11.9 Å². The van der Waals surface area contributed by atoms with Gasteiger partial charge in [-0.2, -0.15) is 0 Å². The standard InChI is InChI=1S/C21H24N2O4/c1-3-16(19(24)22-14-7-9-15(10-8-14)27-4-2)23-20(25)17-12-5-6-13(11-12)18(17)21(23)26/h5-10,12-13,16-18H,3-4,11H2,1-2H3,(H,22,24). The van der Waals surface area contributed by atoms with Crippen LogP contribution in [0.15, 0.2) is 36.4 Å². The van der Waals surface area contributed by atoms with Gasteiger partial charge in [0.1, 0.15) is 11.8 Å². The Balaban J connectivity index is 1.49. The lowest BCUT2D eigenvalue weighted by Gasteiger charge is -2.26. The fraction of sp³-hybridized carbons (Fsp3) is 0.476. The van der Waals surface area contributed by atoms with Gasteiger partial charge >= 0.3 is 0 Å². The summed E-state index contributed by atoms with van der Waals surface area (Å²) in [7, 11) is 0. The Kier molecular flexibility index (Phi) is 4.50. The summed E-state index contributed by atoms with van der Waals surface area (Å²) in [4.78, 5) is 39.9. The molecule has 2 bridgehead atoms. The predicted octanol–water partition coefficient (Wildman–Crippen LogP) is 2.61. The van der Waals surface area contributed by atoms with Crippen LogP contribution in [0.5, 0.6) is 5.75 Å². The Morgan fingerprint density at radius 1 is 1.11 bits per heavy atom. The second-order valence-corrected chi connectivity index (χ2v) is 7.42. The van der Waals surface area contributed by atoms with E-state index in [2.05, 4.69) is 17.5 Å². The van der Waals surface area contributed by atoms with Crippen molar-refractivity contribution in [2.24, 2.45) is 23.7 Å². The van der Waals surface area contributed by atoms with Crippen LogP contribution in [0.4, 0.5) is 5.69 Å². The first-order valence-electron chi connectivity index (χ1n) is 9.64. The lowest BCUT2D eigenvalue weighted by molar-refractivity contribution is -0.147. The number of ether oxygens (including phenoxy) is 1. The van der Waals surface area contributed by atoms with Crippen molar-refractivity contribution in [3.05, 3.63) is 36.4 Å². The molecular weight excluding hydrogens is 344 g/mol. The number of imide groups is 1. The lowest BCUT2D eigenvalue weighted by atomic mass is 9.85. The van der Waals surface area contributed by atoms with E-state index in [0.717, 1.165) is 12.2 Å². The third kappa shape index (κ3) is 2.83. The molecule has 4 rings (SSSR count). The third-order valence-corrected chi connectivity index (χ3v) is 5.94. The van der Waals surface area contributed by atoms with Gasteiger partial charge in [-0.15, -0.1) is 0 Å². The number of nitrogens with zero attached hydrogens (tertiary/aromatic N) is 1. The molecule has 1 aromatic rings. The van der Waals surface area contributed by atoms with Gasteiger partial charge in [0.2, 0.25) is 17.7 Å². The van der Waals surface area contributed by atoms with Crippen LogP contribution in [-0.2, 0) is 14.4 Å². The van der Waals surface area contributed by atoms with E-state index in [1.54, 1.807) is 24.3 Å². The highest BCUT2D eigenvalue weighted by Crippen LogP contribution is 2.53. The van der Waals surface area contributed by atoms with Crippen LogP contribution in [-0.4, -0.2) is 35.3 Å². The maximum Gasteiger partial charge on any atom is 0.247 e. The summed E-state index contributed by atoms with van der Waals surface area (Å²) in [5, 5.41) is 2.83. The van der Waals surface area contributed by atoms with Crippen molar-refractivity contribution in [1.82, 2.24) is 4.90 Å². The summed E-state index contributed by atoms with van der Waals surface area (Å²) >= 11 is 0. The smallest absolute Gasteiger partial charge is 0.247 e. The quantitative estimate of drug-likeness (QED) is 0.619. The summed E-state index contributed by atoms with van der Waals surface area (Å²) in [5.74, 6) is -0.237. The van der Waals surface area contributed by atoms with Crippen molar-refractivity contribution < 1.29 is 19.1 Å². The minimum absolute atomic E-state index is 0.146. The number of likely N-dealkylation sites (tertiary alicyclic amines) is 1. The molecule has 2 fully saturated rings. The molecule has 27 heavy (non-hydrogen) atoms. The average molecular weight is 368 g/mol. The molecule has 6 heteroatoms. The number of carbonyl (C=O) groups is 3. The van der Waals surface area contributed by atoms with Gasteiger partial charge in [0.15, 0.2) is 0 Å². The number of nitrogens with one attached hydrogen (secondary N) is 1. The molecule has 6 nitrogen and oxygen atoms in total. The summed E-state index contributed by atoms with van der Waals surface area (Å²) < 4.78 is 5.40. The molecule has 0 spiro atoms. The number of allylic oxidation sites excluding steroid dienone is 2. The maximum absolute atomic E-state index is 12.9. The van der Waals surface area contributed by atoms with E-state index in [4.69, 9.17) is 4.74 Å². The number of amides is 3. The van der Waals surface area contributed by atoms with E-state index < -0.39 is 6.04 Å². The largest absolute Gasteiger partial charge is 0.494 e. The number of benzene rings is 1. The van der Waals surface area contributed by atoms with Crippen LogP contribution in [0.3, 0.4) is 0 Å². The summed E-state index contributed by atoms with van der Waals surface area (Å²) in [6.45, 7) is 4.30. The molecule has 1 aromatic carbocycles. The zero-order valence-corrected chi connectivity index (χ0v) is 15.6. The van der Waals surface area contributed by atoms with Gasteiger partial charge in [-0.25, -0.2) is 0 Å². The van der Waals surface area contributed by atoms with Crippen molar-refractivity contribution >= 4 is 23.4 Å².